The highest BCUT2D eigenvalue weighted by Gasteiger charge is 2.42. The number of hydrogen-bond donors (Lipinski definition) is 1. The van der Waals surface area contributed by atoms with Gasteiger partial charge in [-0.05, 0) is 43.6 Å². The van der Waals surface area contributed by atoms with Crippen molar-refractivity contribution in [2.24, 2.45) is 16.3 Å². The number of guanidine groups is 1. The van der Waals surface area contributed by atoms with Crippen molar-refractivity contribution in [1.29, 1.82) is 0 Å². The molecule has 2 saturated heterocycles. The topological polar surface area (TPSA) is 36.9 Å². The second-order valence-corrected chi connectivity index (χ2v) is 7.68. The third kappa shape index (κ3) is 4.30. The van der Waals surface area contributed by atoms with Crippen LogP contribution in [-0.2, 0) is 4.74 Å². The van der Waals surface area contributed by atoms with Gasteiger partial charge < -0.3 is 15.0 Å². The first kappa shape index (κ1) is 19.0. The lowest BCUT2D eigenvalue weighted by molar-refractivity contribution is 0.156. The second-order valence-electron chi connectivity index (χ2n) is 7.68. The molecule has 3 atom stereocenters. The van der Waals surface area contributed by atoms with Gasteiger partial charge in [-0.15, -0.1) is 24.0 Å². The fraction of sp³-hybridized carbons (Fsp3) is 0.650. The third-order valence-electron chi connectivity index (χ3n) is 5.88. The molecule has 1 spiro atoms. The van der Waals surface area contributed by atoms with Crippen LogP contribution in [0.1, 0.15) is 37.7 Å². The molecule has 1 aromatic rings. The Bertz CT molecular complexity index is 586. The molecule has 1 N–H and O–H groups in total. The van der Waals surface area contributed by atoms with Crippen LogP contribution >= 0.6 is 24.0 Å². The van der Waals surface area contributed by atoms with Gasteiger partial charge >= 0.3 is 0 Å². The van der Waals surface area contributed by atoms with E-state index in [9.17, 15) is 0 Å². The third-order valence-corrected chi connectivity index (χ3v) is 5.88. The lowest BCUT2D eigenvalue weighted by atomic mass is 9.87. The maximum Gasteiger partial charge on any atom is 0.193 e. The Balaban J connectivity index is 0.00000182. The van der Waals surface area contributed by atoms with E-state index in [0.29, 0.717) is 17.3 Å². The van der Waals surface area contributed by atoms with Gasteiger partial charge in [-0.1, -0.05) is 30.3 Å². The summed E-state index contributed by atoms with van der Waals surface area (Å²) in [6.07, 6.45) is 3.74. The zero-order valence-electron chi connectivity index (χ0n) is 15.1. The zero-order chi connectivity index (χ0) is 16.4. The number of aliphatic imine (C=N–C) groups is 1. The van der Waals surface area contributed by atoms with Crippen LogP contribution in [0.5, 0.6) is 0 Å². The predicted octanol–water partition coefficient (Wildman–Crippen LogP) is 3.49. The van der Waals surface area contributed by atoms with Crippen LogP contribution in [0, 0.1) is 11.3 Å². The average molecular weight is 455 g/mol. The summed E-state index contributed by atoms with van der Waals surface area (Å²) in [7, 11) is 0. The molecule has 1 saturated carbocycles. The normalized spacial score (nSPS) is 31.2. The van der Waals surface area contributed by atoms with Gasteiger partial charge in [0.25, 0.3) is 0 Å². The summed E-state index contributed by atoms with van der Waals surface area (Å²) in [5.74, 6) is 2.54. The lowest BCUT2D eigenvalue weighted by Gasteiger charge is -2.25. The predicted molar refractivity (Wildman–Crippen MR) is 113 cm³/mol. The summed E-state index contributed by atoms with van der Waals surface area (Å²) in [6.45, 7) is 8.12. The smallest absolute Gasteiger partial charge is 0.193 e. The molecular formula is C20H30IN3O. The molecule has 4 rings (SSSR count). The maximum atomic E-state index is 5.65. The van der Waals surface area contributed by atoms with Crippen molar-refractivity contribution >= 4 is 29.9 Å². The Kier molecular flexibility index (Phi) is 6.25. The van der Waals surface area contributed by atoms with E-state index in [1.165, 1.54) is 24.8 Å². The highest BCUT2D eigenvalue weighted by molar-refractivity contribution is 14.0. The minimum Gasteiger partial charge on any atom is -0.381 e. The molecule has 0 aromatic heterocycles. The van der Waals surface area contributed by atoms with E-state index in [2.05, 4.69) is 47.5 Å². The van der Waals surface area contributed by atoms with Crippen molar-refractivity contribution in [3.05, 3.63) is 35.9 Å². The molecule has 138 valence electrons. The van der Waals surface area contributed by atoms with Crippen molar-refractivity contribution in [2.75, 3.05) is 39.4 Å². The highest BCUT2D eigenvalue weighted by atomic mass is 127. The number of nitrogens with zero attached hydrogens (tertiary/aromatic N) is 2. The van der Waals surface area contributed by atoms with E-state index in [0.717, 1.165) is 45.4 Å². The summed E-state index contributed by atoms with van der Waals surface area (Å²) in [5, 5.41) is 3.50. The van der Waals surface area contributed by atoms with Crippen LogP contribution in [0.25, 0.3) is 0 Å². The van der Waals surface area contributed by atoms with Crippen molar-refractivity contribution in [3.8, 4) is 0 Å². The molecule has 1 aromatic carbocycles. The number of ether oxygens (including phenoxy) is 1. The first-order chi connectivity index (χ1) is 11.8. The summed E-state index contributed by atoms with van der Waals surface area (Å²) in [4.78, 5) is 7.43. The summed E-state index contributed by atoms with van der Waals surface area (Å²) in [5.41, 5.74) is 1.87. The maximum absolute atomic E-state index is 5.65. The monoisotopic (exact) mass is 455 g/mol. The van der Waals surface area contributed by atoms with Crippen LogP contribution < -0.4 is 5.32 Å². The van der Waals surface area contributed by atoms with Gasteiger partial charge in [0.05, 0.1) is 6.61 Å². The summed E-state index contributed by atoms with van der Waals surface area (Å²) in [6, 6.07) is 10.9. The molecule has 3 unspecified atom stereocenters. The summed E-state index contributed by atoms with van der Waals surface area (Å²) < 4.78 is 5.65. The van der Waals surface area contributed by atoms with Gasteiger partial charge in [-0.3, -0.25) is 4.99 Å². The van der Waals surface area contributed by atoms with E-state index in [1.54, 1.807) is 0 Å². The molecule has 25 heavy (non-hydrogen) atoms. The average Bonchev–Trinajstić information content (AvgIpc) is 3.05. The van der Waals surface area contributed by atoms with Crippen molar-refractivity contribution in [2.45, 2.75) is 32.1 Å². The van der Waals surface area contributed by atoms with E-state index in [-0.39, 0.29) is 24.0 Å². The number of likely N-dealkylation sites (tertiary alicyclic amines) is 1. The molecule has 0 amide bonds. The number of rotatable bonds is 4. The molecule has 4 nitrogen and oxygen atoms in total. The Hall–Kier alpha value is -0.820. The molecular weight excluding hydrogens is 425 g/mol. The van der Waals surface area contributed by atoms with Crippen LogP contribution in [0.15, 0.2) is 35.3 Å². The molecule has 0 bridgehead atoms. The van der Waals surface area contributed by atoms with Crippen molar-refractivity contribution in [3.63, 3.8) is 0 Å². The van der Waals surface area contributed by atoms with Gasteiger partial charge in [0.2, 0.25) is 0 Å². The second kappa shape index (κ2) is 8.25. The number of hydrogen-bond acceptors (Lipinski definition) is 2. The Labute approximate surface area is 168 Å². The first-order valence-electron chi connectivity index (χ1n) is 9.46. The molecule has 2 aliphatic heterocycles. The van der Waals surface area contributed by atoms with Crippen LogP contribution in [0.4, 0.5) is 0 Å². The minimum absolute atomic E-state index is 0. The van der Waals surface area contributed by atoms with E-state index >= 15 is 0 Å². The number of benzene rings is 1. The van der Waals surface area contributed by atoms with Gasteiger partial charge in [0.15, 0.2) is 5.96 Å². The van der Waals surface area contributed by atoms with E-state index in [4.69, 9.17) is 9.73 Å². The van der Waals surface area contributed by atoms with Crippen LogP contribution in [0.3, 0.4) is 0 Å². The molecule has 1 aliphatic carbocycles. The first-order valence-corrected chi connectivity index (χ1v) is 9.46. The zero-order valence-corrected chi connectivity index (χ0v) is 17.4. The molecule has 3 fully saturated rings. The Morgan fingerprint density at radius 1 is 1.32 bits per heavy atom. The highest BCUT2D eigenvalue weighted by Crippen LogP contribution is 2.47. The van der Waals surface area contributed by atoms with Gasteiger partial charge in [0.1, 0.15) is 0 Å². The van der Waals surface area contributed by atoms with Gasteiger partial charge in [-0.25, -0.2) is 0 Å². The molecule has 2 heterocycles. The van der Waals surface area contributed by atoms with Crippen molar-refractivity contribution < 1.29 is 4.74 Å². The van der Waals surface area contributed by atoms with E-state index in [1.807, 2.05) is 0 Å². The van der Waals surface area contributed by atoms with Gasteiger partial charge in [0, 0.05) is 38.2 Å². The van der Waals surface area contributed by atoms with Crippen molar-refractivity contribution in [1.82, 2.24) is 10.2 Å². The Morgan fingerprint density at radius 3 is 2.88 bits per heavy atom. The minimum atomic E-state index is 0. The fourth-order valence-electron chi connectivity index (χ4n) is 4.27. The summed E-state index contributed by atoms with van der Waals surface area (Å²) >= 11 is 0. The fourth-order valence-corrected chi connectivity index (χ4v) is 4.27. The molecule has 5 heteroatoms. The molecule has 3 aliphatic rings. The van der Waals surface area contributed by atoms with E-state index < -0.39 is 0 Å². The Morgan fingerprint density at radius 2 is 2.16 bits per heavy atom. The van der Waals surface area contributed by atoms with Gasteiger partial charge in [-0.2, -0.15) is 0 Å². The number of nitrogens with one attached hydrogen (secondary N) is 1. The SMILES string of the molecule is CCNC(=NCC1CC1c1ccccc1)N1CCC2(CCOC2)C1.I. The lowest BCUT2D eigenvalue weighted by Crippen LogP contribution is -2.41. The number of halogens is 1. The quantitative estimate of drug-likeness (QED) is 0.429. The molecule has 0 radical (unpaired) electrons. The largest absolute Gasteiger partial charge is 0.381 e. The van der Waals surface area contributed by atoms with Crippen LogP contribution in [0.2, 0.25) is 0 Å². The van der Waals surface area contributed by atoms with Crippen LogP contribution in [-0.4, -0.2) is 50.3 Å². The standard InChI is InChI=1S/C20H29N3O.HI/c1-2-21-19(23-10-8-20(14-23)9-11-24-15-20)22-13-17-12-18(17)16-6-4-3-5-7-16;/h3-7,17-18H,2,8-15H2,1H3,(H,21,22);1H.